The molecule has 3 heterocycles. The highest BCUT2D eigenvalue weighted by atomic mass is 32.1. The first kappa shape index (κ1) is 17.0. The number of aromatic nitrogens is 2. The van der Waals surface area contributed by atoms with Crippen LogP contribution in [0.15, 0.2) is 36.5 Å². The van der Waals surface area contributed by atoms with E-state index in [-0.39, 0.29) is 11.8 Å². The fourth-order valence-corrected chi connectivity index (χ4v) is 4.32. The van der Waals surface area contributed by atoms with Gasteiger partial charge < -0.3 is 10.2 Å². The molecule has 0 aliphatic carbocycles. The third kappa shape index (κ3) is 3.29. The van der Waals surface area contributed by atoms with E-state index in [1.165, 1.54) is 5.56 Å². The number of carbonyl (C=O) groups excluding carboxylic acids is 1. The van der Waals surface area contributed by atoms with Crippen LogP contribution in [0.3, 0.4) is 0 Å². The molecule has 1 amide bonds. The van der Waals surface area contributed by atoms with Crippen molar-refractivity contribution >= 4 is 38.4 Å². The molecule has 0 spiro atoms. The molecule has 0 saturated carbocycles. The van der Waals surface area contributed by atoms with Gasteiger partial charge in [-0.15, -0.1) is 0 Å². The number of piperidine rings is 1. The highest BCUT2D eigenvalue weighted by Gasteiger charge is 2.28. The average Bonchev–Trinajstić information content (AvgIpc) is 3.10. The topological polar surface area (TPSA) is 58.1 Å². The predicted molar refractivity (Wildman–Crippen MR) is 107 cm³/mol. The van der Waals surface area contributed by atoms with Gasteiger partial charge >= 0.3 is 0 Å². The van der Waals surface area contributed by atoms with E-state index in [1.807, 2.05) is 31.2 Å². The monoisotopic (exact) mass is 366 g/mol. The summed E-state index contributed by atoms with van der Waals surface area (Å²) in [5.41, 5.74) is 4.16. The van der Waals surface area contributed by atoms with Crippen LogP contribution in [0.25, 0.3) is 10.3 Å². The molecule has 5 nitrogen and oxygen atoms in total. The number of amides is 1. The van der Waals surface area contributed by atoms with Gasteiger partial charge in [-0.1, -0.05) is 23.5 Å². The molecule has 26 heavy (non-hydrogen) atoms. The summed E-state index contributed by atoms with van der Waals surface area (Å²) in [6.07, 6.45) is 3.70. The summed E-state index contributed by atoms with van der Waals surface area (Å²) in [7, 11) is 0. The van der Waals surface area contributed by atoms with Crippen molar-refractivity contribution in [3.8, 4) is 0 Å². The minimum atomic E-state index is -0.0244. The molecule has 0 bridgehead atoms. The van der Waals surface area contributed by atoms with Crippen molar-refractivity contribution in [1.82, 2.24) is 9.97 Å². The van der Waals surface area contributed by atoms with Gasteiger partial charge in [-0.05, 0) is 56.0 Å². The molecule has 1 unspecified atom stereocenters. The van der Waals surface area contributed by atoms with E-state index < -0.39 is 0 Å². The Morgan fingerprint density at radius 3 is 3.00 bits per heavy atom. The summed E-state index contributed by atoms with van der Waals surface area (Å²) < 4.78 is 0. The second kappa shape index (κ2) is 7.03. The highest BCUT2D eigenvalue weighted by Crippen LogP contribution is 2.31. The minimum Gasteiger partial charge on any atom is -0.347 e. The number of hydrogen-bond donors (Lipinski definition) is 1. The summed E-state index contributed by atoms with van der Waals surface area (Å²) in [4.78, 5) is 25.1. The van der Waals surface area contributed by atoms with Crippen molar-refractivity contribution in [3.63, 3.8) is 0 Å². The fourth-order valence-electron chi connectivity index (χ4n) is 3.38. The Balaban J connectivity index is 1.49. The lowest BCUT2D eigenvalue weighted by Crippen LogP contribution is -2.40. The molecule has 2 aromatic heterocycles. The van der Waals surface area contributed by atoms with Crippen LogP contribution in [-0.4, -0.2) is 29.0 Å². The van der Waals surface area contributed by atoms with E-state index in [0.29, 0.717) is 6.54 Å². The molecule has 0 radical (unpaired) electrons. The van der Waals surface area contributed by atoms with Crippen LogP contribution in [0.2, 0.25) is 0 Å². The zero-order chi connectivity index (χ0) is 18.1. The van der Waals surface area contributed by atoms with Crippen molar-refractivity contribution in [2.24, 2.45) is 5.92 Å². The molecule has 1 aliphatic heterocycles. The van der Waals surface area contributed by atoms with Crippen LogP contribution in [-0.2, 0) is 4.79 Å². The van der Waals surface area contributed by atoms with E-state index in [1.54, 1.807) is 17.5 Å². The van der Waals surface area contributed by atoms with E-state index in [2.05, 4.69) is 28.2 Å². The molecule has 1 fully saturated rings. The third-order valence-electron chi connectivity index (χ3n) is 5.08. The lowest BCUT2D eigenvalue weighted by atomic mass is 9.97. The zero-order valence-electron chi connectivity index (χ0n) is 15.0. The van der Waals surface area contributed by atoms with Crippen LogP contribution in [0.1, 0.15) is 24.0 Å². The number of rotatable bonds is 3. The fraction of sp³-hybridized carbons (Fsp3) is 0.350. The first-order chi connectivity index (χ1) is 12.6. The maximum atomic E-state index is 12.8. The molecular weight excluding hydrogens is 344 g/mol. The summed E-state index contributed by atoms with van der Waals surface area (Å²) >= 11 is 1.60. The Kier molecular flexibility index (Phi) is 4.59. The van der Waals surface area contributed by atoms with Gasteiger partial charge in [0, 0.05) is 25.0 Å². The van der Waals surface area contributed by atoms with Gasteiger partial charge in [0.1, 0.15) is 10.3 Å². The highest BCUT2D eigenvalue weighted by molar-refractivity contribution is 7.21. The maximum absolute atomic E-state index is 12.8. The Morgan fingerprint density at radius 1 is 1.27 bits per heavy atom. The van der Waals surface area contributed by atoms with Gasteiger partial charge in [0.15, 0.2) is 5.13 Å². The van der Waals surface area contributed by atoms with E-state index in [9.17, 15) is 4.79 Å². The summed E-state index contributed by atoms with van der Waals surface area (Å²) in [6.45, 7) is 5.75. The lowest BCUT2D eigenvalue weighted by molar-refractivity contribution is -0.120. The summed E-state index contributed by atoms with van der Waals surface area (Å²) in [5.74, 6) is 0.0752. The van der Waals surface area contributed by atoms with Crippen LogP contribution in [0, 0.1) is 19.8 Å². The molecule has 134 valence electrons. The van der Waals surface area contributed by atoms with Gasteiger partial charge in [0.2, 0.25) is 5.91 Å². The van der Waals surface area contributed by atoms with Crippen LogP contribution < -0.4 is 10.2 Å². The number of nitrogens with one attached hydrogen (secondary N) is 1. The summed E-state index contributed by atoms with van der Waals surface area (Å²) in [5, 5.41) is 4.09. The molecule has 6 heteroatoms. The van der Waals surface area contributed by atoms with Crippen molar-refractivity contribution < 1.29 is 4.79 Å². The van der Waals surface area contributed by atoms with Gasteiger partial charge in [0.25, 0.3) is 0 Å². The average molecular weight is 366 g/mol. The number of pyridine rings is 1. The standard InChI is InChI=1S/C20H22N4OS/c1-13-6-3-8-16(14(13)2)22-18(25)15-7-5-11-24(12-15)20-23-17-9-4-10-21-19(17)26-20/h3-4,6,8-10,15H,5,7,11-12H2,1-2H3,(H,22,25). The van der Waals surface area contributed by atoms with Crippen LogP contribution >= 0.6 is 11.3 Å². The van der Waals surface area contributed by atoms with Crippen molar-refractivity contribution in [3.05, 3.63) is 47.7 Å². The van der Waals surface area contributed by atoms with Crippen LogP contribution in [0.5, 0.6) is 0 Å². The number of carbonyl (C=O) groups is 1. The number of nitrogens with zero attached hydrogens (tertiary/aromatic N) is 3. The number of aryl methyl sites for hydroxylation is 1. The second-order valence-electron chi connectivity index (χ2n) is 6.85. The predicted octanol–water partition coefficient (Wildman–Crippen LogP) is 4.16. The molecule has 1 aliphatic rings. The van der Waals surface area contributed by atoms with Gasteiger partial charge in [-0.3, -0.25) is 4.79 Å². The van der Waals surface area contributed by atoms with Gasteiger partial charge in [-0.25, -0.2) is 9.97 Å². The SMILES string of the molecule is Cc1cccc(NC(=O)C2CCCN(c3nc4cccnc4s3)C2)c1C. The molecule has 1 N–H and O–H groups in total. The Hall–Kier alpha value is -2.47. The van der Waals surface area contributed by atoms with E-state index in [0.717, 1.165) is 46.1 Å². The Morgan fingerprint density at radius 2 is 2.15 bits per heavy atom. The smallest absolute Gasteiger partial charge is 0.229 e. The lowest BCUT2D eigenvalue weighted by Gasteiger charge is -2.31. The van der Waals surface area contributed by atoms with Gasteiger partial charge in [-0.2, -0.15) is 0 Å². The molecule has 3 aromatic rings. The maximum Gasteiger partial charge on any atom is 0.229 e. The van der Waals surface area contributed by atoms with Crippen molar-refractivity contribution in [1.29, 1.82) is 0 Å². The molecular formula is C20H22N4OS. The number of anilines is 2. The first-order valence-electron chi connectivity index (χ1n) is 8.95. The first-order valence-corrected chi connectivity index (χ1v) is 9.77. The second-order valence-corrected chi connectivity index (χ2v) is 7.80. The van der Waals surface area contributed by atoms with E-state index in [4.69, 9.17) is 4.98 Å². The number of thiazole rings is 1. The van der Waals surface area contributed by atoms with Crippen LogP contribution in [0.4, 0.5) is 10.8 Å². The molecule has 4 rings (SSSR count). The van der Waals surface area contributed by atoms with E-state index >= 15 is 0 Å². The number of hydrogen-bond acceptors (Lipinski definition) is 5. The normalized spacial score (nSPS) is 17.5. The Bertz CT molecular complexity index is 919. The number of fused-ring (bicyclic) bond motifs is 1. The molecule has 1 atom stereocenters. The largest absolute Gasteiger partial charge is 0.347 e. The number of benzene rings is 1. The molecule has 1 aromatic carbocycles. The zero-order valence-corrected chi connectivity index (χ0v) is 15.8. The van der Waals surface area contributed by atoms with Gasteiger partial charge in [0.05, 0.1) is 5.92 Å². The Labute approximate surface area is 157 Å². The third-order valence-corrected chi connectivity index (χ3v) is 6.12. The minimum absolute atomic E-state index is 0.0244. The quantitative estimate of drug-likeness (QED) is 0.756. The summed E-state index contributed by atoms with van der Waals surface area (Å²) in [6, 6.07) is 9.91. The van der Waals surface area contributed by atoms with Crippen molar-refractivity contribution in [2.75, 3.05) is 23.3 Å². The molecule has 1 saturated heterocycles. The van der Waals surface area contributed by atoms with Crippen molar-refractivity contribution in [2.45, 2.75) is 26.7 Å².